The van der Waals surface area contributed by atoms with Crippen molar-refractivity contribution in [2.75, 3.05) is 6.26 Å². The van der Waals surface area contributed by atoms with Crippen LogP contribution in [-0.2, 0) is 23.0 Å². The quantitative estimate of drug-likeness (QED) is 0.584. The molecule has 0 atom stereocenters. The molecule has 0 saturated carbocycles. The van der Waals surface area contributed by atoms with E-state index in [1.165, 1.54) is 12.8 Å². The monoisotopic (exact) mass is 199 g/mol. The highest BCUT2D eigenvalue weighted by molar-refractivity contribution is 7.84. The Hall–Kier alpha value is -0.870. The minimum absolute atomic E-state index is 0.604. The molecule has 1 aliphatic carbocycles. The molecular weight excluding hydrogens is 188 g/mol. The number of hydrogen-bond donors (Lipinski definition) is 0. The Kier molecular flexibility index (Phi) is 3.06. The van der Waals surface area contributed by atoms with E-state index in [1.54, 1.807) is 11.1 Å². The van der Waals surface area contributed by atoms with Gasteiger partial charge in [-0.15, -0.1) is 0 Å². The molecule has 0 spiro atoms. The Bertz CT molecular complexity index is 351. The first kappa shape index (κ1) is 10.2. The second-order valence-corrected chi connectivity index (χ2v) is 4.38. The Labute approximate surface area is 78.2 Å². The van der Waals surface area contributed by atoms with E-state index in [-0.39, 0.29) is 0 Å². The fourth-order valence-corrected chi connectivity index (χ4v) is 1.14. The second kappa shape index (κ2) is 3.89. The molecular formula is C9H11O3S-. The van der Waals surface area contributed by atoms with Gasteiger partial charge in [0.05, 0.1) is 10.1 Å². The molecule has 0 radical (unpaired) electrons. The van der Waals surface area contributed by atoms with Crippen LogP contribution in [-0.4, -0.2) is 19.2 Å². The van der Waals surface area contributed by atoms with Crippen LogP contribution in [0.4, 0.5) is 0 Å². The summed E-state index contributed by atoms with van der Waals surface area (Å²) in [7, 11) is -3.92. The fraction of sp³-hybridized carbons (Fsp3) is 0.333. The van der Waals surface area contributed by atoms with Gasteiger partial charge in [-0.05, 0) is 24.0 Å². The first-order chi connectivity index (χ1) is 5.97. The van der Waals surface area contributed by atoms with Crippen molar-refractivity contribution in [1.29, 1.82) is 0 Å². The van der Waals surface area contributed by atoms with Crippen LogP contribution in [0.25, 0.3) is 0 Å². The first-order valence-corrected chi connectivity index (χ1v) is 5.76. The molecule has 72 valence electrons. The molecule has 0 aliphatic heterocycles. The molecule has 0 bridgehead atoms. The number of rotatable bonds is 0. The smallest absolute Gasteiger partial charge is 0.0916 e. The zero-order valence-corrected chi connectivity index (χ0v) is 8.17. The van der Waals surface area contributed by atoms with Crippen LogP contribution in [0.5, 0.6) is 0 Å². The van der Waals surface area contributed by atoms with E-state index in [1.807, 2.05) is 0 Å². The van der Waals surface area contributed by atoms with Crippen LogP contribution in [0.3, 0.4) is 0 Å². The van der Waals surface area contributed by atoms with E-state index in [4.69, 9.17) is 13.0 Å². The van der Waals surface area contributed by atoms with E-state index in [0.29, 0.717) is 6.26 Å². The molecule has 0 saturated heterocycles. The third kappa shape index (κ3) is 4.05. The third-order valence-corrected chi connectivity index (χ3v) is 1.78. The lowest BCUT2D eigenvalue weighted by molar-refractivity contribution is 0.470. The topological polar surface area (TPSA) is 57.2 Å². The van der Waals surface area contributed by atoms with Gasteiger partial charge < -0.3 is 4.55 Å². The number of fused-ring (bicyclic) bond motifs is 1. The second-order valence-electron chi connectivity index (χ2n) is 2.97. The number of hydrogen-bond acceptors (Lipinski definition) is 3. The van der Waals surface area contributed by atoms with E-state index in [2.05, 4.69) is 24.3 Å². The zero-order chi connectivity index (χ0) is 9.90. The predicted molar refractivity (Wildman–Crippen MR) is 49.5 cm³/mol. The maximum absolute atomic E-state index is 9.08. The number of benzene rings is 1. The Morgan fingerprint density at radius 2 is 1.46 bits per heavy atom. The predicted octanol–water partition coefficient (Wildman–Crippen LogP) is 0.947. The largest absolute Gasteiger partial charge is 0.748 e. The van der Waals surface area contributed by atoms with E-state index < -0.39 is 10.1 Å². The van der Waals surface area contributed by atoms with Crippen molar-refractivity contribution in [3.63, 3.8) is 0 Å². The van der Waals surface area contributed by atoms with Gasteiger partial charge in [0, 0.05) is 6.26 Å². The minimum atomic E-state index is -3.92. The van der Waals surface area contributed by atoms with E-state index in [0.717, 1.165) is 0 Å². The highest BCUT2D eigenvalue weighted by Crippen LogP contribution is 2.20. The van der Waals surface area contributed by atoms with Gasteiger partial charge in [-0.2, -0.15) is 0 Å². The van der Waals surface area contributed by atoms with Crippen molar-refractivity contribution in [3.05, 3.63) is 35.4 Å². The molecule has 1 aromatic carbocycles. The van der Waals surface area contributed by atoms with Crippen molar-refractivity contribution in [1.82, 2.24) is 0 Å². The van der Waals surface area contributed by atoms with Gasteiger partial charge in [0.1, 0.15) is 0 Å². The molecule has 0 N–H and O–H groups in total. The summed E-state index contributed by atoms with van der Waals surface area (Å²) in [4.78, 5) is 0. The molecule has 13 heavy (non-hydrogen) atoms. The van der Waals surface area contributed by atoms with Crippen molar-refractivity contribution in [2.24, 2.45) is 0 Å². The Morgan fingerprint density at radius 1 is 1.15 bits per heavy atom. The van der Waals surface area contributed by atoms with Gasteiger partial charge in [-0.1, -0.05) is 24.3 Å². The van der Waals surface area contributed by atoms with Crippen molar-refractivity contribution < 1.29 is 13.0 Å². The minimum Gasteiger partial charge on any atom is -0.748 e. The summed E-state index contributed by atoms with van der Waals surface area (Å²) < 4.78 is 27.2. The van der Waals surface area contributed by atoms with Crippen LogP contribution in [0.1, 0.15) is 11.1 Å². The summed E-state index contributed by atoms with van der Waals surface area (Å²) in [5, 5.41) is 0. The Balaban J connectivity index is 0.000000149. The lowest BCUT2D eigenvalue weighted by Gasteiger charge is -2.16. The molecule has 0 amide bonds. The average molecular weight is 199 g/mol. The molecule has 0 unspecified atom stereocenters. The van der Waals surface area contributed by atoms with E-state index >= 15 is 0 Å². The SMILES string of the molecule is CS(=O)(=O)[O-].c1ccc2c(c1)CC2. The molecule has 0 fully saturated rings. The summed E-state index contributed by atoms with van der Waals surface area (Å²) in [6.07, 6.45) is 3.21. The van der Waals surface area contributed by atoms with Crippen LogP contribution in [0, 0.1) is 0 Å². The fourth-order valence-electron chi connectivity index (χ4n) is 1.14. The maximum Gasteiger partial charge on any atom is 0.0916 e. The molecule has 3 nitrogen and oxygen atoms in total. The van der Waals surface area contributed by atoms with Crippen LogP contribution in [0.15, 0.2) is 24.3 Å². The summed E-state index contributed by atoms with van der Waals surface area (Å²) >= 11 is 0. The van der Waals surface area contributed by atoms with Gasteiger partial charge in [-0.25, -0.2) is 8.42 Å². The maximum atomic E-state index is 9.08. The Morgan fingerprint density at radius 3 is 1.62 bits per heavy atom. The molecule has 0 heterocycles. The van der Waals surface area contributed by atoms with Gasteiger partial charge in [-0.3, -0.25) is 0 Å². The van der Waals surface area contributed by atoms with Crippen molar-refractivity contribution in [2.45, 2.75) is 12.8 Å². The normalized spacial score (nSPS) is 13.4. The van der Waals surface area contributed by atoms with Gasteiger partial charge in [0.2, 0.25) is 0 Å². The summed E-state index contributed by atoms with van der Waals surface area (Å²) in [5.41, 5.74) is 3.10. The van der Waals surface area contributed by atoms with Crippen molar-refractivity contribution in [3.8, 4) is 0 Å². The molecule has 0 aromatic heterocycles. The first-order valence-electron chi connectivity index (χ1n) is 3.94. The highest BCUT2D eigenvalue weighted by atomic mass is 32.2. The summed E-state index contributed by atoms with van der Waals surface area (Å²) in [6, 6.07) is 8.63. The van der Waals surface area contributed by atoms with Crippen molar-refractivity contribution >= 4 is 10.1 Å². The lowest BCUT2D eigenvalue weighted by Crippen LogP contribution is -2.06. The standard InChI is InChI=1S/C8H8.CH4O3S/c1-2-4-8-6-5-7(8)3-1;1-5(2,3)4/h1-4H,5-6H2;1H3,(H,2,3,4)/p-1. The molecule has 1 aliphatic rings. The van der Waals surface area contributed by atoms with Crippen LogP contribution in [0.2, 0.25) is 0 Å². The van der Waals surface area contributed by atoms with Gasteiger partial charge in [0.25, 0.3) is 0 Å². The lowest BCUT2D eigenvalue weighted by atomic mass is 9.89. The third-order valence-electron chi connectivity index (χ3n) is 1.78. The number of aryl methyl sites for hydroxylation is 2. The average Bonchev–Trinajstić information content (AvgIpc) is 1.88. The highest BCUT2D eigenvalue weighted by Gasteiger charge is 2.09. The van der Waals surface area contributed by atoms with E-state index in [9.17, 15) is 0 Å². The summed E-state index contributed by atoms with van der Waals surface area (Å²) in [5.74, 6) is 0. The summed E-state index contributed by atoms with van der Waals surface area (Å²) in [6.45, 7) is 0. The van der Waals surface area contributed by atoms with Gasteiger partial charge >= 0.3 is 0 Å². The molecule has 2 rings (SSSR count). The van der Waals surface area contributed by atoms with Crippen LogP contribution < -0.4 is 0 Å². The van der Waals surface area contributed by atoms with Crippen LogP contribution >= 0.6 is 0 Å². The molecule has 1 aromatic rings. The molecule has 4 heteroatoms. The zero-order valence-electron chi connectivity index (χ0n) is 7.36. The van der Waals surface area contributed by atoms with Gasteiger partial charge in [0.15, 0.2) is 0 Å².